The average Bonchev–Trinajstić information content (AvgIpc) is 2.47. The number of carboxylic acid groups (broad SMARTS) is 1. The van der Waals surface area contributed by atoms with Crippen LogP contribution in [-0.4, -0.2) is 29.1 Å². The molecule has 1 aromatic heterocycles. The van der Waals surface area contributed by atoms with Gasteiger partial charge in [-0.2, -0.15) is 0 Å². The third-order valence-electron chi connectivity index (χ3n) is 2.50. The molecule has 0 amide bonds. The van der Waals surface area contributed by atoms with Gasteiger partial charge in [-0.25, -0.2) is 0 Å². The SMILES string of the molecule is O=C(O)CC1CN(Cc2ccc(Br)o2)C1. The molecule has 0 bridgehead atoms. The topological polar surface area (TPSA) is 53.7 Å². The van der Waals surface area contributed by atoms with Crippen LogP contribution < -0.4 is 0 Å². The molecular weight excluding hydrogens is 262 g/mol. The van der Waals surface area contributed by atoms with Gasteiger partial charge in [0.2, 0.25) is 0 Å². The van der Waals surface area contributed by atoms with Crippen LogP contribution in [0.25, 0.3) is 0 Å². The Hall–Kier alpha value is -0.810. The van der Waals surface area contributed by atoms with Gasteiger partial charge >= 0.3 is 5.97 Å². The number of furan rings is 1. The molecule has 0 unspecified atom stereocenters. The second-order valence-corrected chi connectivity index (χ2v) is 4.65. The van der Waals surface area contributed by atoms with Crippen molar-refractivity contribution in [1.82, 2.24) is 4.90 Å². The fraction of sp³-hybridized carbons (Fsp3) is 0.500. The second-order valence-electron chi connectivity index (χ2n) is 3.86. The Morgan fingerprint density at radius 3 is 2.87 bits per heavy atom. The van der Waals surface area contributed by atoms with Gasteiger partial charge in [-0.3, -0.25) is 9.69 Å². The molecule has 1 N–H and O–H groups in total. The van der Waals surface area contributed by atoms with E-state index in [1.54, 1.807) is 0 Å². The highest BCUT2D eigenvalue weighted by Gasteiger charge is 2.28. The smallest absolute Gasteiger partial charge is 0.303 e. The lowest BCUT2D eigenvalue weighted by atomic mass is 9.96. The van der Waals surface area contributed by atoms with Crippen LogP contribution in [0, 0.1) is 5.92 Å². The average molecular weight is 274 g/mol. The van der Waals surface area contributed by atoms with Crippen molar-refractivity contribution in [2.24, 2.45) is 5.92 Å². The summed E-state index contributed by atoms with van der Waals surface area (Å²) in [5.74, 6) is 0.511. The van der Waals surface area contributed by atoms with E-state index in [2.05, 4.69) is 20.8 Å². The van der Waals surface area contributed by atoms with Crippen molar-refractivity contribution in [3.8, 4) is 0 Å². The molecule has 0 saturated carbocycles. The Balaban J connectivity index is 1.74. The van der Waals surface area contributed by atoms with Gasteiger partial charge < -0.3 is 9.52 Å². The number of carboxylic acids is 1. The Labute approximate surface area is 96.0 Å². The molecule has 0 spiro atoms. The fourth-order valence-corrected chi connectivity index (χ4v) is 2.18. The van der Waals surface area contributed by atoms with Crippen LogP contribution in [0.15, 0.2) is 21.2 Å². The van der Waals surface area contributed by atoms with Crippen molar-refractivity contribution in [2.45, 2.75) is 13.0 Å². The quantitative estimate of drug-likeness (QED) is 0.911. The first-order chi connectivity index (χ1) is 7.13. The molecule has 0 atom stereocenters. The third kappa shape index (κ3) is 2.82. The van der Waals surface area contributed by atoms with E-state index in [0.29, 0.717) is 5.92 Å². The first-order valence-electron chi connectivity index (χ1n) is 4.82. The van der Waals surface area contributed by atoms with E-state index in [1.165, 1.54) is 0 Å². The van der Waals surface area contributed by atoms with Crippen LogP contribution >= 0.6 is 15.9 Å². The van der Waals surface area contributed by atoms with E-state index in [-0.39, 0.29) is 6.42 Å². The summed E-state index contributed by atoms with van der Waals surface area (Å²) < 4.78 is 6.10. The molecule has 1 aromatic rings. The molecule has 1 saturated heterocycles. The second kappa shape index (κ2) is 4.37. The summed E-state index contributed by atoms with van der Waals surface area (Å²) in [6.45, 7) is 2.47. The molecule has 0 radical (unpaired) electrons. The van der Waals surface area contributed by atoms with Crippen LogP contribution in [0.4, 0.5) is 0 Å². The van der Waals surface area contributed by atoms with Crippen molar-refractivity contribution < 1.29 is 14.3 Å². The molecule has 1 fully saturated rings. The van der Waals surface area contributed by atoms with Crippen LogP contribution in [0.2, 0.25) is 0 Å². The molecule has 82 valence electrons. The lowest BCUT2D eigenvalue weighted by Gasteiger charge is -2.37. The highest BCUT2D eigenvalue weighted by atomic mass is 79.9. The molecule has 15 heavy (non-hydrogen) atoms. The number of nitrogens with zero attached hydrogens (tertiary/aromatic N) is 1. The molecule has 2 rings (SSSR count). The van der Waals surface area contributed by atoms with Crippen molar-refractivity contribution in [1.29, 1.82) is 0 Å². The summed E-state index contributed by atoms with van der Waals surface area (Å²) in [6, 6.07) is 3.79. The zero-order valence-corrected chi connectivity index (χ0v) is 9.74. The van der Waals surface area contributed by atoms with Gasteiger partial charge in [0.1, 0.15) is 5.76 Å². The number of halogens is 1. The van der Waals surface area contributed by atoms with Crippen molar-refractivity contribution in [2.75, 3.05) is 13.1 Å². The predicted molar refractivity (Wildman–Crippen MR) is 57.4 cm³/mol. The van der Waals surface area contributed by atoms with E-state index in [9.17, 15) is 4.79 Å². The van der Waals surface area contributed by atoms with Crippen molar-refractivity contribution in [3.63, 3.8) is 0 Å². The molecule has 5 heteroatoms. The number of hydrogen-bond donors (Lipinski definition) is 1. The van der Waals surface area contributed by atoms with Crippen LogP contribution in [0.3, 0.4) is 0 Å². The van der Waals surface area contributed by atoms with Crippen LogP contribution in [0.5, 0.6) is 0 Å². The van der Waals surface area contributed by atoms with E-state index in [0.717, 1.165) is 30.1 Å². The van der Waals surface area contributed by atoms with Gasteiger partial charge in [0, 0.05) is 13.1 Å². The number of hydrogen-bond acceptors (Lipinski definition) is 3. The van der Waals surface area contributed by atoms with Crippen LogP contribution in [-0.2, 0) is 11.3 Å². The molecular formula is C10H12BrNO3. The Morgan fingerprint density at radius 2 is 2.33 bits per heavy atom. The maximum Gasteiger partial charge on any atom is 0.303 e. The minimum atomic E-state index is -0.708. The van der Waals surface area contributed by atoms with Crippen molar-refractivity contribution >= 4 is 21.9 Å². The maximum absolute atomic E-state index is 10.4. The molecule has 2 heterocycles. The zero-order chi connectivity index (χ0) is 10.8. The number of rotatable bonds is 4. The van der Waals surface area contributed by atoms with Gasteiger partial charge in [0.25, 0.3) is 0 Å². The molecule has 1 aliphatic rings. The fourth-order valence-electron chi connectivity index (χ4n) is 1.84. The van der Waals surface area contributed by atoms with Gasteiger partial charge in [-0.05, 0) is 34.0 Å². The highest BCUT2D eigenvalue weighted by Crippen LogP contribution is 2.23. The van der Waals surface area contributed by atoms with Gasteiger partial charge in [-0.15, -0.1) is 0 Å². The number of likely N-dealkylation sites (tertiary alicyclic amines) is 1. The lowest BCUT2D eigenvalue weighted by molar-refractivity contribution is -0.139. The molecule has 1 aliphatic heterocycles. The summed E-state index contributed by atoms with van der Waals surface area (Å²) in [4.78, 5) is 12.6. The van der Waals surface area contributed by atoms with Gasteiger partial charge in [0.15, 0.2) is 4.67 Å². The summed E-state index contributed by atoms with van der Waals surface area (Å²) in [7, 11) is 0. The summed E-state index contributed by atoms with van der Waals surface area (Å²) in [6.07, 6.45) is 0.276. The summed E-state index contributed by atoms with van der Waals surface area (Å²) in [5.41, 5.74) is 0. The van der Waals surface area contributed by atoms with E-state index in [4.69, 9.17) is 9.52 Å². The molecule has 0 aliphatic carbocycles. The first-order valence-corrected chi connectivity index (χ1v) is 5.61. The Bertz CT molecular complexity index is 357. The lowest BCUT2D eigenvalue weighted by Crippen LogP contribution is -2.46. The van der Waals surface area contributed by atoms with Gasteiger partial charge in [-0.1, -0.05) is 0 Å². The van der Waals surface area contributed by atoms with Crippen LogP contribution in [0.1, 0.15) is 12.2 Å². The van der Waals surface area contributed by atoms with E-state index < -0.39 is 5.97 Å². The highest BCUT2D eigenvalue weighted by molar-refractivity contribution is 9.10. The first kappa shape index (κ1) is 10.7. The third-order valence-corrected chi connectivity index (χ3v) is 2.93. The normalized spacial score (nSPS) is 17.7. The largest absolute Gasteiger partial charge is 0.481 e. The Kier molecular flexibility index (Phi) is 3.11. The Morgan fingerprint density at radius 1 is 1.60 bits per heavy atom. The monoisotopic (exact) mass is 273 g/mol. The predicted octanol–water partition coefficient (Wildman–Crippen LogP) is 1.95. The minimum Gasteiger partial charge on any atom is -0.481 e. The summed E-state index contributed by atoms with van der Waals surface area (Å²) >= 11 is 3.24. The van der Waals surface area contributed by atoms with Gasteiger partial charge in [0.05, 0.1) is 13.0 Å². The van der Waals surface area contributed by atoms with E-state index in [1.807, 2.05) is 12.1 Å². The zero-order valence-electron chi connectivity index (χ0n) is 8.15. The van der Waals surface area contributed by atoms with Crippen molar-refractivity contribution in [3.05, 3.63) is 22.6 Å². The van der Waals surface area contributed by atoms with E-state index >= 15 is 0 Å². The number of aliphatic carboxylic acids is 1. The molecule has 4 nitrogen and oxygen atoms in total. The maximum atomic E-state index is 10.4. The molecule has 0 aromatic carbocycles. The minimum absolute atomic E-state index is 0.276. The summed E-state index contributed by atoms with van der Waals surface area (Å²) in [5, 5.41) is 8.58. The number of carbonyl (C=O) groups is 1. The standard InChI is InChI=1S/C10H12BrNO3/c11-9-2-1-8(15-9)6-12-4-7(5-12)3-10(13)14/h1-2,7H,3-6H2,(H,13,14).